The molecule has 33 heavy (non-hydrogen) atoms. The molecule has 2 heterocycles. The summed E-state index contributed by atoms with van der Waals surface area (Å²) in [5, 5.41) is 22.6. The summed E-state index contributed by atoms with van der Waals surface area (Å²) in [5.74, 6) is -0.560. The maximum atomic E-state index is 13.9. The van der Waals surface area contributed by atoms with Crippen LogP contribution >= 0.6 is 11.3 Å². The summed E-state index contributed by atoms with van der Waals surface area (Å²) in [7, 11) is 0. The van der Waals surface area contributed by atoms with Crippen LogP contribution < -0.4 is 5.32 Å². The van der Waals surface area contributed by atoms with Crippen LogP contribution in [0.25, 0.3) is 32.6 Å². The lowest BCUT2D eigenvalue weighted by atomic mass is 9.97. The molecule has 164 valence electrons. The number of aryl methyl sites for hydroxylation is 1. The molecule has 0 saturated carbocycles. The first-order chi connectivity index (χ1) is 16.0. The van der Waals surface area contributed by atoms with Crippen molar-refractivity contribution in [1.29, 1.82) is 0 Å². The molecule has 5 rings (SSSR count). The fourth-order valence-corrected chi connectivity index (χ4v) is 4.43. The Morgan fingerprint density at radius 3 is 2.58 bits per heavy atom. The van der Waals surface area contributed by atoms with Crippen LogP contribution in [0.1, 0.15) is 11.1 Å². The SMILES string of the molecule is Cc1cc(-c2ncc(NCc3ccc(O)c(O)c3)cc2-c2ccc3ncsc3c2)ccc1F. The van der Waals surface area contributed by atoms with Crippen LogP contribution in [0.3, 0.4) is 0 Å². The molecular formula is C26H20FN3O2S. The molecule has 0 bridgehead atoms. The first kappa shape index (κ1) is 20.9. The molecule has 7 heteroatoms. The van der Waals surface area contributed by atoms with E-state index in [2.05, 4.69) is 16.4 Å². The van der Waals surface area contributed by atoms with Gasteiger partial charge in [0, 0.05) is 17.7 Å². The molecule has 5 aromatic rings. The third kappa shape index (κ3) is 4.23. The molecule has 3 aromatic carbocycles. The molecule has 0 aliphatic heterocycles. The number of nitrogens with zero attached hydrogens (tertiary/aromatic N) is 2. The van der Waals surface area contributed by atoms with Gasteiger partial charge in [-0.2, -0.15) is 0 Å². The Bertz CT molecular complexity index is 1480. The van der Waals surface area contributed by atoms with Crippen LogP contribution in [0.5, 0.6) is 11.5 Å². The van der Waals surface area contributed by atoms with Crippen molar-refractivity contribution in [2.45, 2.75) is 13.5 Å². The van der Waals surface area contributed by atoms with Gasteiger partial charge >= 0.3 is 0 Å². The number of phenols is 2. The molecular weight excluding hydrogens is 437 g/mol. The maximum Gasteiger partial charge on any atom is 0.157 e. The number of phenolic OH excluding ortho intramolecular Hbond substituents is 2. The summed E-state index contributed by atoms with van der Waals surface area (Å²) in [6, 6.07) is 17.8. The van der Waals surface area contributed by atoms with Crippen LogP contribution in [0.2, 0.25) is 0 Å². The van der Waals surface area contributed by atoms with Crippen LogP contribution in [0.15, 0.2) is 72.4 Å². The topological polar surface area (TPSA) is 78.3 Å². The van der Waals surface area contributed by atoms with E-state index in [1.165, 1.54) is 18.2 Å². The van der Waals surface area contributed by atoms with Gasteiger partial charge in [-0.15, -0.1) is 11.3 Å². The standard InChI is InChI=1S/C26H20FN3O2S/c1-15-8-18(3-5-21(15)27)26-20(17-4-6-22-25(10-17)33-14-30-22)11-19(13-29-26)28-12-16-2-7-23(31)24(32)9-16/h2-11,13-14,28,31-32H,12H2,1H3. The highest BCUT2D eigenvalue weighted by atomic mass is 32.1. The highest BCUT2D eigenvalue weighted by Crippen LogP contribution is 2.35. The van der Waals surface area contributed by atoms with E-state index < -0.39 is 0 Å². The van der Waals surface area contributed by atoms with Crippen LogP contribution in [0.4, 0.5) is 10.1 Å². The molecule has 2 aromatic heterocycles. The van der Waals surface area contributed by atoms with Gasteiger partial charge in [0.15, 0.2) is 11.5 Å². The number of aromatic hydroxyl groups is 2. The second-order valence-electron chi connectivity index (χ2n) is 7.80. The summed E-state index contributed by atoms with van der Waals surface area (Å²) in [6.45, 7) is 2.18. The molecule has 0 radical (unpaired) electrons. The smallest absolute Gasteiger partial charge is 0.157 e. The lowest BCUT2D eigenvalue weighted by Crippen LogP contribution is -2.01. The highest BCUT2D eigenvalue weighted by Gasteiger charge is 2.13. The van der Waals surface area contributed by atoms with Crippen molar-refractivity contribution in [1.82, 2.24) is 9.97 Å². The number of nitrogens with one attached hydrogen (secondary N) is 1. The monoisotopic (exact) mass is 457 g/mol. The Labute approximate surface area is 193 Å². The van der Waals surface area contributed by atoms with Crippen LogP contribution in [-0.2, 0) is 6.54 Å². The van der Waals surface area contributed by atoms with Crippen molar-refractivity contribution in [2.75, 3.05) is 5.32 Å². The summed E-state index contributed by atoms with van der Waals surface area (Å²) < 4.78 is 15.0. The van der Waals surface area contributed by atoms with Crippen molar-refractivity contribution in [3.63, 3.8) is 0 Å². The van der Waals surface area contributed by atoms with E-state index >= 15 is 0 Å². The Morgan fingerprint density at radius 1 is 0.909 bits per heavy atom. The quantitative estimate of drug-likeness (QED) is 0.263. The minimum Gasteiger partial charge on any atom is -0.504 e. The number of rotatable bonds is 5. The molecule has 5 nitrogen and oxygen atoms in total. The van der Waals surface area contributed by atoms with Crippen molar-refractivity contribution in [2.24, 2.45) is 0 Å². The number of pyridine rings is 1. The number of thiazole rings is 1. The minimum atomic E-state index is -0.248. The van der Waals surface area contributed by atoms with E-state index in [9.17, 15) is 14.6 Å². The third-order valence-corrected chi connectivity index (χ3v) is 6.29. The van der Waals surface area contributed by atoms with Gasteiger partial charge in [-0.3, -0.25) is 4.98 Å². The fraction of sp³-hybridized carbons (Fsp3) is 0.0769. The number of hydrogen-bond donors (Lipinski definition) is 3. The molecule has 0 atom stereocenters. The van der Waals surface area contributed by atoms with E-state index in [4.69, 9.17) is 4.98 Å². The summed E-state index contributed by atoms with van der Waals surface area (Å²) in [4.78, 5) is 9.08. The lowest BCUT2D eigenvalue weighted by molar-refractivity contribution is 0.403. The predicted molar refractivity (Wildman–Crippen MR) is 130 cm³/mol. The predicted octanol–water partition coefficient (Wildman–Crippen LogP) is 6.50. The van der Waals surface area contributed by atoms with Gasteiger partial charge in [0.2, 0.25) is 0 Å². The van der Waals surface area contributed by atoms with Gasteiger partial charge in [-0.1, -0.05) is 12.1 Å². The summed E-state index contributed by atoms with van der Waals surface area (Å²) in [6.07, 6.45) is 1.74. The Balaban J connectivity index is 1.55. The molecule has 0 unspecified atom stereocenters. The van der Waals surface area contributed by atoms with E-state index in [1.807, 2.05) is 23.7 Å². The van der Waals surface area contributed by atoms with Crippen molar-refractivity contribution < 1.29 is 14.6 Å². The summed E-state index contributed by atoms with van der Waals surface area (Å²) >= 11 is 1.58. The molecule has 0 saturated heterocycles. The zero-order valence-corrected chi connectivity index (χ0v) is 18.5. The average molecular weight is 458 g/mol. The van der Waals surface area contributed by atoms with Gasteiger partial charge < -0.3 is 15.5 Å². The largest absolute Gasteiger partial charge is 0.504 e. The van der Waals surface area contributed by atoms with E-state index in [0.717, 1.165) is 43.9 Å². The second kappa shape index (κ2) is 8.52. The van der Waals surface area contributed by atoms with Crippen LogP contribution in [-0.4, -0.2) is 20.2 Å². The second-order valence-corrected chi connectivity index (χ2v) is 8.68. The zero-order valence-electron chi connectivity index (χ0n) is 17.7. The molecule has 0 aliphatic carbocycles. The Kier molecular flexibility index (Phi) is 5.40. The fourth-order valence-electron chi connectivity index (χ4n) is 3.71. The summed E-state index contributed by atoms with van der Waals surface area (Å²) in [5.41, 5.74) is 8.43. The average Bonchev–Trinajstić information content (AvgIpc) is 3.29. The minimum absolute atomic E-state index is 0.153. The maximum absolute atomic E-state index is 13.9. The Morgan fingerprint density at radius 2 is 1.76 bits per heavy atom. The number of benzene rings is 3. The Hall–Kier alpha value is -3.97. The highest BCUT2D eigenvalue weighted by molar-refractivity contribution is 7.16. The van der Waals surface area contributed by atoms with Gasteiger partial charge in [-0.25, -0.2) is 9.37 Å². The number of fused-ring (bicyclic) bond motifs is 1. The van der Waals surface area contributed by atoms with Crippen molar-refractivity contribution in [3.05, 3.63) is 89.3 Å². The normalized spacial score (nSPS) is 11.1. The van der Waals surface area contributed by atoms with Crippen LogP contribution in [0, 0.1) is 12.7 Å². The zero-order chi connectivity index (χ0) is 22.9. The molecule has 0 fully saturated rings. The first-order valence-electron chi connectivity index (χ1n) is 10.3. The molecule has 0 spiro atoms. The van der Waals surface area contributed by atoms with Gasteiger partial charge in [0.25, 0.3) is 0 Å². The first-order valence-corrected chi connectivity index (χ1v) is 11.2. The van der Waals surface area contributed by atoms with Gasteiger partial charge in [0.1, 0.15) is 5.82 Å². The van der Waals surface area contributed by atoms with Crippen molar-refractivity contribution in [3.8, 4) is 33.9 Å². The number of anilines is 1. The lowest BCUT2D eigenvalue weighted by Gasteiger charge is -2.14. The van der Waals surface area contributed by atoms with E-state index in [0.29, 0.717) is 12.1 Å². The van der Waals surface area contributed by atoms with E-state index in [-0.39, 0.29) is 17.3 Å². The number of halogens is 1. The van der Waals surface area contributed by atoms with E-state index in [1.54, 1.807) is 42.7 Å². The number of hydrogen-bond acceptors (Lipinski definition) is 6. The number of aromatic nitrogens is 2. The molecule has 0 aliphatic rings. The van der Waals surface area contributed by atoms with Gasteiger partial charge in [0.05, 0.1) is 33.3 Å². The van der Waals surface area contributed by atoms with Crippen molar-refractivity contribution >= 4 is 27.2 Å². The third-order valence-electron chi connectivity index (χ3n) is 5.50. The molecule has 3 N–H and O–H groups in total. The molecule has 0 amide bonds. The van der Waals surface area contributed by atoms with Gasteiger partial charge in [-0.05, 0) is 72.1 Å².